The van der Waals surface area contributed by atoms with Gasteiger partial charge in [0, 0.05) is 29.6 Å². The van der Waals surface area contributed by atoms with E-state index < -0.39 is 23.3 Å². The highest BCUT2D eigenvalue weighted by Crippen LogP contribution is 2.35. The summed E-state index contributed by atoms with van der Waals surface area (Å²) in [6.45, 7) is 8.76. The number of hydrogen-bond donors (Lipinski definition) is 2. The van der Waals surface area contributed by atoms with Crippen LogP contribution in [-0.2, 0) is 22.8 Å². The van der Waals surface area contributed by atoms with Crippen LogP contribution in [0.3, 0.4) is 0 Å². The molecule has 216 valence electrons. The van der Waals surface area contributed by atoms with Gasteiger partial charge in [0.05, 0.1) is 17.9 Å². The monoisotopic (exact) mass is 594 g/mol. The van der Waals surface area contributed by atoms with Crippen LogP contribution >= 0.6 is 23.1 Å². The fraction of sp³-hybridized carbons (Fsp3) is 0.393. The van der Waals surface area contributed by atoms with E-state index in [4.69, 9.17) is 4.74 Å². The standard InChI is InChI=1S/C16H20F3N3OS.C12H13NO2S/c1-9(2)7-10(3)13-12(5-6-24-13)20-15(23)11-8-22(4)21-14(11)16(17,18)19;1-9-11(16-8-7-15-9)12(14)13-10-5-3-2-4-6-10/h5-6,8-10H,7H2,1-4H3,(H,20,23);2-6H,7-8H2,1H3,(H,13,14). The summed E-state index contributed by atoms with van der Waals surface area (Å²) in [4.78, 5) is 25.9. The maximum atomic E-state index is 13.0. The Morgan fingerprint density at radius 1 is 1.10 bits per heavy atom. The first-order valence-corrected chi connectivity index (χ1v) is 14.6. The minimum atomic E-state index is -4.67. The topological polar surface area (TPSA) is 85.2 Å². The molecule has 2 amide bonds. The number of halogens is 3. The number of allylic oxidation sites excluding steroid dienone is 1. The zero-order valence-corrected chi connectivity index (χ0v) is 24.6. The van der Waals surface area contributed by atoms with Crippen molar-refractivity contribution in [3.8, 4) is 0 Å². The highest BCUT2D eigenvalue weighted by molar-refractivity contribution is 8.04. The molecule has 7 nitrogen and oxygen atoms in total. The lowest BCUT2D eigenvalue weighted by molar-refractivity contribution is -0.141. The molecule has 40 heavy (non-hydrogen) atoms. The number of nitrogens with one attached hydrogen (secondary N) is 2. The van der Waals surface area contributed by atoms with Gasteiger partial charge in [-0.25, -0.2) is 0 Å². The Morgan fingerprint density at radius 2 is 1.80 bits per heavy atom. The SMILES string of the molecule is CC(C)CC(C)c1sccc1NC(=O)c1cn(C)nc1C(F)(F)F.CC1=C(C(=O)Nc2ccccc2)SCCO1. The number of aryl methyl sites for hydroxylation is 1. The zero-order chi connectivity index (χ0) is 29.4. The second kappa shape index (κ2) is 13.9. The van der Waals surface area contributed by atoms with Crippen molar-refractivity contribution in [2.24, 2.45) is 13.0 Å². The van der Waals surface area contributed by atoms with Crippen molar-refractivity contribution < 1.29 is 27.5 Å². The Labute approximate surface area is 240 Å². The number of thioether (sulfide) groups is 1. The van der Waals surface area contributed by atoms with Gasteiger partial charge in [0.2, 0.25) is 0 Å². The Kier molecular flexibility index (Phi) is 10.9. The van der Waals surface area contributed by atoms with Gasteiger partial charge in [-0.15, -0.1) is 23.1 Å². The summed E-state index contributed by atoms with van der Waals surface area (Å²) < 4.78 is 45.3. The molecule has 2 aromatic heterocycles. The third-order valence-corrected chi connectivity index (χ3v) is 8.04. The van der Waals surface area contributed by atoms with Gasteiger partial charge in [-0.3, -0.25) is 14.3 Å². The molecule has 0 radical (unpaired) electrons. The quantitative estimate of drug-likeness (QED) is 0.296. The highest BCUT2D eigenvalue weighted by atomic mass is 32.2. The van der Waals surface area contributed by atoms with Crippen molar-refractivity contribution in [3.63, 3.8) is 0 Å². The van der Waals surface area contributed by atoms with Gasteiger partial charge in [-0.05, 0) is 48.8 Å². The van der Waals surface area contributed by atoms with E-state index in [9.17, 15) is 22.8 Å². The van der Waals surface area contributed by atoms with Gasteiger partial charge in [-0.2, -0.15) is 18.3 Å². The molecule has 4 rings (SSSR count). The fourth-order valence-corrected chi connectivity index (χ4v) is 5.85. The lowest BCUT2D eigenvalue weighted by Gasteiger charge is -2.17. The number of amides is 2. The second-order valence-electron chi connectivity index (χ2n) is 9.65. The maximum Gasteiger partial charge on any atom is 0.435 e. The van der Waals surface area contributed by atoms with Crippen LogP contribution in [0.25, 0.3) is 0 Å². The molecule has 1 aliphatic rings. The summed E-state index contributed by atoms with van der Waals surface area (Å²) in [5.41, 5.74) is -0.276. The summed E-state index contributed by atoms with van der Waals surface area (Å²) in [5, 5.41) is 10.6. The number of carbonyl (C=O) groups excluding carboxylic acids is 2. The molecule has 0 bridgehead atoms. The third-order valence-electron chi connectivity index (χ3n) is 5.76. The number of benzene rings is 1. The lowest BCUT2D eigenvalue weighted by atomic mass is 9.97. The maximum absolute atomic E-state index is 13.0. The van der Waals surface area contributed by atoms with Crippen molar-refractivity contribution in [3.05, 3.63) is 74.8 Å². The number of nitrogens with zero attached hydrogens (tertiary/aromatic N) is 2. The molecule has 0 saturated heterocycles. The minimum Gasteiger partial charge on any atom is -0.496 e. The Balaban J connectivity index is 0.000000238. The van der Waals surface area contributed by atoms with Crippen LogP contribution in [0, 0.1) is 5.92 Å². The number of carbonyl (C=O) groups is 2. The Bertz CT molecular complexity index is 1330. The van der Waals surface area contributed by atoms with Gasteiger partial charge < -0.3 is 15.4 Å². The zero-order valence-electron chi connectivity index (χ0n) is 23.0. The molecule has 12 heteroatoms. The number of thiophene rings is 1. The molecule has 0 spiro atoms. The van der Waals surface area contributed by atoms with Crippen molar-refractivity contribution in [1.82, 2.24) is 9.78 Å². The second-order valence-corrected chi connectivity index (χ2v) is 11.7. The average molecular weight is 595 g/mol. The van der Waals surface area contributed by atoms with Crippen molar-refractivity contribution >= 4 is 46.3 Å². The first kappa shape index (κ1) is 31.3. The number of ether oxygens (including phenoxy) is 1. The van der Waals surface area contributed by atoms with E-state index in [-0.39, 0.29) is 11.8 Å². The van der Waals surface area contributed by atoms with E-state index in [2.05, 4.69) is 29.6 Å². The molecule has 3 aromatic rings. The van der Waals surface area contributed by atoms with Crippen LogP contribution in [0.4, 0.5) is 24.5 Å². The molecule has 3 heterocycles. The molecular formula is C28H33F3N4O3S2. The van der Waals surface area contributed by atoms with Crippen LogP contribution in [0.2, 0.25) is 0 Å². The summed E-state index contributed by atoms with van der Waals surface area (Å²) >= 11 is 3.04. The summed E-state index contributed by atoms with van der Waals surface area (Å²) in [6, 6.07) is 11.1. The van der Waals surface area contributed by atoms with Crippen molar-refractivity contribution in [2.45, 2.75) is 46.2 Å². The average Bonchev–Trinajstić information content (AvgIpc) is 3.51. The van der Waals surface area contributed by atoms with Crippen LogP contribution < -0.4 is 10.6 Å². The van der Waals surface area contributed by atoms with Gasteiger partial charge in [-0.1, -0.05) is 39.0 Å². The van der Waals surface area contributed by atoms with E-state index >= 15 is 0 Å². The number of anilines is 2. The Hall–Kier alpha value is -3.25. The van der Waals surface area contributed by atoms with Crippen molar-refractivity contribution in [1.29, 1.82) is 0 Å². The normalized spacial score (nSPS) is 14.2. The summed E-state index contributed by atoms with van der Waals surface area (Å²) in [5.74, 6) is 1.36. The Morgan fingerprint density at radius 3 is 2.42 bits per heavy atom. The van der Waals surface area contributed by atoms with Gasteiger partial charge >= 0.3 is 6.18 Å². The molecule has 2 N–H and O–H groups in total. The lowest BCUT2D eigenvalue weighted by Crippen LogP contribution is -2.18. The largest absolute Gasteiger partial charge is 0.496 e. The van der Waals surface area contributed by atoms with Gasteiger partial charge in [0.1, 0.15) is 10.7 Å². The highest BCUT2D eigenvalue weighted by Gasteiger charge is 2.39. The van der Waals surface area contributed by atoms with E-state index in [1.165, 1.54) is 18.4 Å². The molecule has 0 saturated carbocycles. The number of aromatic nitrogens is 2. The molecular weight excluding hydrogens is 561 g/mol. The molecule has 0 fully saturated rings. The number of para-hydroxylation sites is 1. The van der Waals surface area contributed by atoms with Crippen LogP contribution in [-0.4, -0.2) is 34.0 Å². The van der Waals surface area contributed by atoms with Gasteiger partial charge in [0.25, 0.3) is 11.8 Å². The number of alkyl halides is 3. The first-order chi connectivity index (χ1) is 18.9. The van der Waals surface area contributed by atoms with Gasteiger partial charge in [0.15, 0.2) is 5.69 Å². The molecule has 1 unspecified atom stereocenters. The molecule has 1 aliphatic heterocycles. The first-order valence-electron chi connectivity index (χ1n) is 12.7. The van der Waals surface area contributed by atoms with E-state index in [1.54, 1.807) is 17.8 Å². The molecule has 1 atom stereocenters. The van der Waals surface area contributed by atoms with Crippen molar-refractivity contribution in [2.75, 3.05) is 23.0 Å². The third kappa shape index (κ3) is 8.62. The summed E-state index contributed by atoms with van der Waals surface area (Å²) in [7, 11) is 1.35. The fourth-order valence-electron chi connectivity index (χ4n) is 4.11. The van der Waals surface area contributed by atoms with E-state index in [0.29, 0.717) is 28.9 Å². The van der Waals surface area contributed by atoms with Crippen LogP contribution in [0.5, 0.6) is 0 Å². The summed E-state index contributed by atoms with van der Waals surface area (Å²) in [6.07, 6.45) is -2.65. The van der Waals surface area contributed by atoms with Crippen LogP contribution in [0.15, 0.2) is 58.6 Å². The smallest absolute Gasteiger partial charge is 0.435 e. The molecule has 1 aromatic carbocycles. The van der Waals surface area contributed by atoms with Crippen LogP contribution in [0.1, 0.15) is 61.0 Å². The van der Waals surface area contributed by atoms with E-state index in [0.717, 1.165) is 33.6 Å². The predicted molar refractivity (Wildman–Crippen MR) is 155 cm³/mol. The minimum absolute atomic E-state index is 0.0894. The number of rotatable bonds is 7. The van der Waals surface area contributed by atoms with E-state index in [1.807, 2.05) is 49.6 Å². The molecule has 0 aliphatic carbocycles. The predicted octanol–water partition coefficient (Wildman–Crippen LogP) is 7.52. The number of hydrogen-bond acceptors (Lipinski definition) is 6.